The summed E-state index contributed by atoms with van der Waals surface area (Å²) in [5.41, 5.74) is 6.01. The zero-order valence-electron chi connectivity index (χ0n) is 20.9. The van der Waals surface area contributed by atoms with Gasteiger partial charge in [0.1, 0.15) is 0 Å². The molecule has 4 nitrogen and oxygen atoms in total. The van der Waals surface area contributed by atoms with Gasteiger partial charge >= 0.3 is 0 Å². The molecule has 2 aliphatic heterocycles. The van der Waals surface area contributed by atoms with Crippen LogP contribution in [0.3, 0.4) is 0 Å². The fourth-order valence-corrected chi connectivity index (χ4v) is 5.86. The molecule has 4 rings (SSSR count). The average molecular weight is 446 g/mol. The van der Waals surface area contributed by atoms with Crippen LogP contribution in [0.25, 0.3) is 0 Å². The number of carbonyl (C=O) groups excluding carboxylic acids is 1. The number of aromatic nitrogens is 1. The molecule has 0 saturated carbocycles. The highest BCUT2D eigenvalue weighted by atomic mass is 16.2. The van der Waals surface area contributed by atoms with Crippen LogP contribution in [0.4, 0.5) is 0 Å². The summed E-state index contributed by atoms with van der Waals surface area (Å²) in [4.78, 5) is 20.3. The van der Waals surface area contributed by atoms with Gasteiger partial charge in [0.25, 0.3) is 0 Å². The van der Waals surface area contributed by atoms with E-state index in [2.05, 4.69) is 93.4 Å². The van der Waals surface area contributed by atoms with E-state index in [1.807, 2.05) is 0 Å². The van der Waals surface area contributed by atoms with Crippen molar-refractivity contribution in [1.82, 2.24) is 15.2 Å². The van der Waals surface area contributed by atoms with E-state index in [4.69, 9.17) is 4.98 Å². The predicted octanol–water partition coefficient (Wildman–Crippen LogP) is 5.55. The van der Waals surface area contributed by atoms with Crippen LogP contribution in [0.15, 0.2) is 54.1 Å². The number of amides is 1. The first kappa shape index (κ1) is 23.7. The Morgan fingerprint density at radius 3 is 2.61 bits per heavy atom. The molecule has 1 unspecified atom stereocenters. The lowest BCUT2D eigenvalue weighted by Crippen LogP contribution is -2.54. The molecule has 0 bridgehead atoms. The van der Waals surface area contributed by atoms with Crippen molar-refractivity contribution in [1.29, 1.82) is 0 Å². The molecule has 176 valence electrons. The summed E-state index contributed by atoms with van der Waals surface area (Å²) in [5.74, 6) is 0.573. The summed E-state index contributed by atoms with van der Waals surface area (Å²) in [6.45, 7) is 12.5. The summed E-state index contributed by atoms with van der Waals surface area (Å²) in [5, 5.41) is 3.66. The Kier molecular flexibility index (Phi) is 6.76. The van der Waals surface area contributed by atoms with E-state index < -0.39 is 0 Å². The molecule has 1 saturated heterocycles. The van der Waals surface area contributed by atoms with E-state index in [0.29, 0.717) is 12.3 Å². The highest BCUT2D eigenvalue weighted by Gasteiger charge is 2.34. The van der Waals surface area contributed by atoms with Crippen molar-refractivity contribution >= 4 is 5.91 Å². The van der Waals surface area contributed by atoms with Crippen LogP contribution in [0.1, 0.15) is 81.8 Å². The summed E-state index contributed by atoms with van der Waals surface area (Å²) in [7, 11) is 0. The molecule has 0 spiro atoms. The van der Waals surface area contributed by atoms with Crippen LogP contribution < -0.4 is 5.32 Å². The Labute approximate surface area is 199 Å². The van der Waals surface area contributed by atoms with Crippen molar-refractivity contribution < 1.29 is 4.79 Å². The van der Waals surface area contributed by atoms with Gasteiger partial charge in [-0.1, -0.05) is 42.0 Å². The second-order valence-electron chi connectivity index (χ2n) is 11.3. The van der Waals surface area contributed by atoms with E-state index >= 15 is 0 Å². The Morgan fingerprint density at radius 1 is 1.12 bits per heavy atom. The minimum absolute atomic E-state index is 0.0128. The standard InChI is InChI=1S/C29H39N3O/c1-21-14-23(15-22-10-7-6-8-11-22)16-26(30-21)25-12-9-13-32(20-25)27(33)17-24-18-28(2,3)31-29(4,5)19-24/h6-8,10-11,14,16,18,25,31H,9,12-13,15,17,19-20H2,1-5H3. The normalized spacial score (nSPS) is 22.0. The second-order valence-corrected chi connectivity index (χ2v) is 11.3. The number of benzene rings is 1. The molecule has 1 amide bonds. The van der Waals surface area contributed by atoms with E-state index in [1.165, 1.54) is 16.7 Å². The molecular formula is C29H39N3O. The smallest absolute Gasteiger partial charge is 0.226 e. The number of aryl methyl sites for hydroxylation is 1. The van der Waals surface area contributed by atoms with Crippen LogP contribution in [0.5, 0.6) is 0 Å². The summed E-state index contributed by atoms with van der Waals surface area (Å²) in [6, 6.07) is 15.0. The predicted molar refractivity (Wildman–Crippen MR) is 135 cm³/mol. The zero-order valence-corrected chi connectivity index (χ0v) is 20.9. The molecule has 1 fully saturated rings. The number of nitrogens with zero attached hydrogens (tertiary/aromatic N) is 2. The Bertz CT molecular complexity index is 1020. The minimum atomic E-state index is -0.0809. The molecular weight excluding hydrogens is 406 g/mol. The fraction of sp³-hybridized carbons (Fsp3) is 0.517. The highest BCUT2D eigenvalue weighted by Crippen LogP contribution is 2.32. The second kappa shape index (κ2) is 9.42. The summed E-state index contributed by atoms with van der Waals surface area (Å²) < 4.78 is 0. The average Bonchev–Trinajstić information content (AvgIpc) is 2.72. The molecule has 0 radical (unpaired) electrons. The van der Waals surface area contributed by atoms with Crippen molar-refractivity contribution in [2.75, 3.05) is 13.1 Å². The first-order chi connectivity index (χ1) is 15.6. The monoisotopic (exact) mass is 445 g/mol. The first-order valence-electron chi connectivity index (χ1n) is 12.4. The van der Waals surface area contributed by atoms with Gasteiger partial charge in [-0.2, -0.15) is 0 Å². The number of carbonyl (C=O) groups is 1. The molecule has 33 heavy (non-hydrogen) atoms. The van der Waals surface area contributed by atoms with E-state index in [1.54, 1.807) is 0 Å². The Morgan fingerprint density at radius 2 is 1.88 bits per heavy atom. The number of pyridine rings is 1. The van der Waals surface area contributed by atoms with Crippen molar-refractivity contribution in [3.63, 3.8) is 0 Å². The number of hydrogen-bond acceptors (Lipinski definition) is 3. The quantitative estimate of drug-likeness (QED) is 0.614. The number of likely N-dealkylation sites (tertiary alicyclic amines) is 1. The van der Waals surface area contributed by atoms with Gasteiger partial charge in [-0.05, 0) is 83.6 Å². The van der Waals surface area contributed by atoms with E-state index in [0.717, 1.165) is 50.2 Å². The van der Waals surface area contributed by atoms with Crippen molar-refractivity contribution in [3.8, 4) is 0 Å². The molecule has 2 aromatic rings. The topological polar surface area (TPSA) is 45.2 Å². The largest absolute Gasteiger partial charge is 0.342 e. The van der Waals surface area contributed by atoms with Gasteiger partial charge in [-0.3, -0.25) is 9.78 Å². The van der Waals surface area contributed by atoms with Crippen molar-refractivity contribution in [2.24, 2.45) is 0 Å². The van der Waals surface area contributed by atoms with Crippen molar-refractivity contribution in [3.05, 3.63) is 76.6 Å². The number of rotatable bonds is 5. The summed E-state index contributed by atoms with van der Waals surface area (Å²) >= 11 is 0. The van der Waals surface area contributed by atoms with Crippen LogP contribution in [-0.2, 0) is 11.2 Å². The molecule has 2 aliphatic rings. The number of nitrogens with one attached hydrogen (secondary N) is 1. The van der Waals surface area contributed by atoms with E-state index in [9.17, 15) is 4.79 Å². The minimum Gasteiger partial charge on any atom is -0.342 e. The maximum absolute atomic E-state index is 13.3. The Balaban J connectivity index is 1.45. The van der Waals surface area contributed by atoms with Gasteiger partial charge in [0.05, 0.1) is 0 Å². The van der Waals surface area contributed by atoms with Gasteiger partial charge in [-0.15, -0.1) is 0 Å². The third kappa shape index (κ3) is 6.32. The SMILES string of the molecule is Cc1cc(Cc2ccccc2)cc(C2CCCN(C(=O)CC3=CC(C)(C)NC(C)(C)C3)C2)n1. The Hall–Kier alpha value is -2.46. The van der Waals surface area contributed by atoms with Crippen LogP contribution >= 0.6 is 0 Å². The van der Waals surface area contributed by atoms with Gasteiger partial charge in [0.2, 0.25) is 5.91 Å². The fourth-order valence-electron chi connectivity index (χ4n) is 5.86. The lowest BCUT2D eigenvalue weighted by atomic mass is 9.82. The molecule has 1 N–H and O–H groups in total. The van der Waals surface area contributed by atoms with Gasteiger partial charge < -0.3 is 10.2 Å². The third-order valence-corrected chi connectivity index (χ3v) is 6.75. The lowest BCUT2D eigenvalue weighted by Gasteiger charge is -2.41. The molecule has 1 aromatic carbocycles. The maximum atomic E-state index is 13.3. The lowest BCUT2D eigenvalue weighted by molar-refractivity contribution is -0.131. The first-order valence-corrected chi connectivity index (χ1v) is 12.4. The molecule has 3 heterocycles. The van der Waals surface area contributed by atoms with Crippen LogP contribution in [0.2, 0.25) is 0 Å². The van der Waals surface area contributed by atoms with Gasteiger partial charge in [-0.25, -0.2) is 0 Å². The van der Waals surface area contributed by atoms with Gasteiger partial charge in [0.15, 0.2) is 0 Å². The highest BCUT2D eigenvalue weighted by molar-refractivity contribution is 5.79. The molecule has 1 atom stereocenters. The third-order valence-electron chi connectivity index (χ3n) is 6.75. The molecule has 1 aromatic heterocycles. The zero-order chi connectivity index (χ0) is 23.6. The summed E-state index contributed by atoms with van der Waals surface area (Å²) in [6.07, 6.45) is 6.76. The van der Waals surface area contributed by atoms with E-state index in [-0.39, 0.29) is 17.0 Å². The van der Waals surface area contributed by atoms with Gasteiger partial charge in [0, 0.05) is 47.9 Å². The molecule has 4 heteroatoms. The van der Waals surface area contributed by atoms with Crippen LogP contribution in [-0.4, -0.2) is 40.0 Å². The van der Waals surface area contributed by atoms with Crippen LogP contribution in [0, 0.1) is 6.92 Å². The number of piperidine rings is 1. The van der Waals surface area contributed by atoms with Crippen molar-refractivity contribution in [2.45, 2.75) is 83.7 Å². The molecule has 0 aliphatic carbocycles. The number of hydrogen-bond donors (Lipinski definition) is 1. The maximum Gasteiger partial charge on any atom is 0.226 e.